The van der Waals surface area contributed by atoms with E-state index in [1.807, 2.05) is 0 Å². The van der Waals surface area contributed by atoms with E-state index in [0.29, 0.717) is 5.69 Å². The highest BCUT2D eigenvalue weighted by Crippen LogP contribution is 2.21. The lowest BCUT2D eigenvalue weighted by Gasteiger charge is -2.04. The topological polar surface area (TPSA) is 88.8 Å². The van der Waals surface area contributed by atoms with E-state index in [2.05, 4.69) is 9.97 Å². The minimum Gasteiger partial charge on any atom is -0.399 e. The zero-order chi connectivity index (χ0) is 11.8. The van der Waals surface area contributed by atoms with Crippen molar-refractivity contribution in [2.75, 3.05) is 5.73 Å². The first-order chi connectivity index (χ1) is 7.51. The number of nitrogens with two attached hydrogens (primary N) is 1. The molecule has 0 aliphatic carbocycles. The average Bonchev–Trinajstić information content (AvgIpc) is 2.75. The van der Waals surface area contributed by atoms with Gasteiger partial charge in [-0.1, -0.05) is 0 Å². The maximum atomic E-state index is 12.0. The number of aryl methyl sites for hydroxylation is 1. The van der Waals surface area contributed by atoms with Gasteiger partial charge in [-0.2, -0.15) is 0 Å². The Kier molecular flexibility index (Phi) is 2.43. The fraction of sp³-hybridized carbons (Fsp3) is 0.100. The maximum Gasteiger partial charge on any atom is 0.239 e. The van der Waals surface area contributed by atoms with Crippen LogP contribution in [0.1, 0.15) is 5.56 Å². The van der Waals surface area contributed by atoms with Gasteiger partial charge < -0.3 is 10.7 Å². The second-order valence-corrected chi connectivity index (χ2v) is 5.28. The van der Waals surface area contributed by atoms with Crippen molar-refractivity contribution in [2.24, 2.45) is 0 Å². The summed E-state index contributed by atoms with van der Waals surface area (Å²) in [5.74, 6) is 0. The molecule has 0 radical (unpaired) electrons. The highest BCUT2D eigenvalue weighted by Gasteiger charge is 2.20. The van der Waals surface area contributed by atoms with Gasteiger partial charge >= 0.3 is 0 Å². The number of imidazole rings is 1. The predicted octanol–water partition coefficient (Wildman–Crippen LogP) is 1.13. The smallest absolute Gasteiger partial charge is 0.239 e. The highest BCUT2D eigenvalue weighted by molar-refractivity contribution is 7.91. The minimum atomic E-state index is -3.56. The third kappa shape index (κ3) is 1.67. The van der Waals surface area contributed by atoms with Crippen molar-refractivity contribution in [1.29, 1.82) is 0 Å². The normalized spacial score (nSPS) is 11.6. The number of rotatable bonds is 2. The van der Waals surface area contributed by atoms with E-state index >= 15 is 0 Å². The predicted molar refractivity (Wildman–Crippen MR) is 59.6 cm³/mol. The van der Waals surface area contributed by atoms with Gasteiger partial charge in [0.2, 0.25) is 15.0 Å². The van der Waals surface area contributed by atoms with Gasteiger partial charge in [-0.15, -0.1) is 0 Å². The molecule has 0 saturated carbocycles. The van der Waals surface area contributed by atoms with E-state index in [4.69, 9.17) is 5.73 Å². The lowest BCUT2D eigenvalue weighted by molar-refractivity contribution is 0.589. The number of hydrogen-bond acceptors (Lipinski definition) is 4. The monoisotopic (exact) mass is 237 g/mol. The maximum absolute atomic E-state index is 12.0. The molecule has 0 spiro atoms. The molecule has 2 aromatic rings. The first-order valence-corrected chi connectivity index (χ1v) is 6.11. The molecule has 1 aromatic heterocycles. The van der Waals surface area contributed by atoms with Crippen LogP contribution in [0.15, 0.2) is 40.6 Å². The molecular weight excluding hydrogens is 226 g/mol. The van der Waals surface area contributed by atoms with E-state index in [1.54, 1.807) is 13.0 Å². The van der Waals surface area contributed by atoms with Crippen LogP contribution in [-0.2, 0) is 9.84 Å². The van der Waals surface area contributed by atoms with E-state index in [1.165, 1.54) is 24.5 Å². The van der Waals surface area contributed by atoms with Gasteiger partial charge in [-0.05, 0) is 30.7 Å². The van der Waals surface area contributed by atoms with Crippen LogP contribution in [0.5, 0.6) is 0 Å². The number of benzene rings is 1. The average molecular weight is 237 g/mol. The summed E-state index contributed by atoms with van der Waals surface area (Å²) in [5.41, 5.74) is 6.93. The summed E-state index contributed by atoms with van der Waals surface area (Å²) in [7, 11) is -3.56. The Balaban J connectivity index is 2.57. The van der Waals surface area contributed by atoms with Crippen LogP contribution in [0.3, 0.4) is 0 Å². The van der Waals surface area contributed by atoms with Crippen molar-refractivity contribution in [3.8, 4) is 0 Å². The standard InChI is InChI=1S/C10H11N3O2S/c1-7-6-8(2-3-9(7)11)16(14,15)10-12-4-5-13-10/h2-6H,11H2,1H3,(H,12,13). The van der Waals surface area contributed by atoms with Crippen molar-refractivity contribution in [1.82, 2.24) is 9.97 Å². The summed E-state index contributed by atoms with van der Waals surface area (Å²) in [4.78, 5) is 6.51. The molecule has 0 fully saturated rings. The zero-order valence-electron chi connectivity index (χ0n) is 8.64. The van der Waals surface area contributed by atoms with Crippen molar-refractivity contribution in [3.63, 3.8) is 0 Å². The molecule has 0 amide bonds. The van der Waals surface area contributed by atoms with E-state index in [9.17, 15) is 8.42 Å². The summed E-state index contributed by atoms with van der Waals surface area (Å²) in [6.07, 6.45) is 2.87. The van der Waals surface area contributed by atoms with Crippen LogP contribution in [-0.4, -0.2) is 18.4 Å². The Morgan fingerprint density at radius 1 is 1.38 bits per heavy atom. The summed E-state index contributed by atoms with van der Waals surface area (Å²) >= 11 is 0. The van der Waals surface area contributed by atoms with Gasteiger partial charge in [-0.3, -0.25) is 0 Å². The molecule has 0 saturated heterocycles. The highest BCUT2D eigenvalue weighted by atomic mass is 32.2. The summed E-state index contributed by atoms with van der Waals surface area (Å²) in [6, 6.07) is 4.58. The molecule has 0 atom stereocenters. The fourth-order valence-corrected chi connectivity index (χ4v) is 2.55. The third-order valence-corrected chi connectivity index (χ3v) is 3.89. The number of nitrogens with zero attached hydrogens (tertiary/aromatic N) is 1. The van der Waals surface area contributed by atoms with E-state index in [-0.39, 0.29) is 10.1 Å². The lowest BCUT2D eigenvalue weighted by atomic mass is 10.2. The van der Waals surface area contributed by atoms with Crippen LogP contribution < -0.4 is 5.73 Å². The second kappa shape index (κ2) is 3.64. The number of hydrogen-bond donors (Lipinski definition) is 2. The third-order valence-electron chi connectivity index (χ3n) is 2.28. The van der Waals surface area contributed by atoms with Crippen molar-refractivity contribution < 1.29 is 8.42 Å². The summed E-state index contributed by atoms with van der Waals surface area (Å²) < 4.78 is 24.0. The molecule has 16 heavy (non-hydrogen) atoms. The molecule has 6 heteroatoms. The lowest BCUT2D eigenvalue weighted by Crippen LogP contribution is -2.05. The van der Waals surface area contributed by atoms with Crippen LogP contribution in [0, 0.1) is 6.92 Å². The molecular formula is C10H11N3O2S. The van der Waals surface area contributed by atoms with Crippen LogP contribution in [0.25, 0.3) is 0 Å². The Labute approximate surface area is 93.2 Å². The fourth-order valence-electron chi connectivity index (χ4n) is 1.32. The number of H-pyrrole nitrogens is 1. The minimum absolute atomic E-state index is 0.0586. The van der Waals surface area contributed by atoms with E-state index in [0.717, 1.165) is 5.56 Å². The van der Waals surface area contributed by atoms with Crippen LogP contribution in [0.4, 0.5) is 5.69 Å². The van der Waals surface area contributed by atoms with Gasteiger partial charge in [0.15, 0.2) is 0 Å². The van der Waals surface area contributed by atoms with Crippen molar-refractivity contribution in [2.45, 2.75) is 17.0 Å². The largest absolute Gasteiger partial charge is 0.399 e. The molecule has 5 nitrogen and oxygen atoms in total. The van der Waals surface area contributed by atoms with E-state index < -0.39 is 9.84 Å². The Morgan fingerprint density at radius 3 is 2.69 bits per heavy atom. The first kappa shape index (κ1) is 10.7. The number of nitrogen functional groups attached to an aromatic ring is 1. The number of aromatic amines is 1. The number of aromatic nitrogens is 2. The molecule has 84 valence electrons. The quantitative estimate of drug-likeness (QED) is 0.766. The Morgan fingerprint density at radius 2 is 2.12 bits per heavy atom. The molecule has 3 N–H and O–H groups in total. The van der Waals surface area contributed by atoms with Gasteiger partial charge in [0.1, 0.15) is 0 Å². The first-order valence-electron chi connectivity index (χ1n) is 4.62. The molecule has 0 aliphatic rings. The number of nitrogens with one attached hydrogen (secondary N) is 1. The van der Waals surface area contributed by atoms with Crippen molar-refractivity contribution >= 4 is 15.5 Å². The molecule has 0 unspecified atom stereocenters. The van der Waals surface area contributed by atoms with Crippen LogP contribution in [0.2, 0.25) is 0 Å². The van der Waals surface area contributed by atoms with Crippen LogP contribution >= 0.6 is 0 Å². The van der Waals surface area contributed by atoms with Crippen molar-refractivity contribution in [3.05, 3.63) is 36.2 Å². The molecule has 0 bridgehead atoms. The molecule has 0 aliphatic heterocycles. The number of anilines is 1. The van der Waals surface area contributed by atoms with Gasteiger partial charge in [-0.25, -0.2) is 13.4 Å². The summed E-state index contributed by atoms with van der Waals surface area (Å²) in [5, 5.41) is -0.0586. The molecule has 1 aromatic carbocycles. The number of sulfone groups is 1. The molecule has 1 heterocycles. The van der Waals surface area contributed by atoms with Gasteiger partial charge in [0.25, 0.3) is 0 Å². The van der Waals surface area contributed by atoms with Gasteiger partial charge in [0.05, 0.1) is 4.90 Å². The second-order valence-electron chi connectivity index (χ2n) is 3.42. The molecule has 2 rings (SSSR count). The SMILES string of the molecule is Cc1cc(S(=O)(=O)c2ncc[nH]2)ccc1N. The zero-order valence-corrected chi connectivity index (χ0v) is 9.45. The Bertz CT molecular complexity index is 603. The Hall–Kier alpha value is -1.82. The summed E-state index contributed by atoms with van der Waals surface area (Å²) in [6.45, 7) is 1.76. The van der Waals surface area contributed by atoms with Gasteiger partial charge in [0, 0.05) is 18.1 Å².